The molecule has 2 aromatic carbocycles. The highest BCUT2D eigenvalue weighted by Gasteiger charge is 2.42. The molecule has 0 amide bonds. The topological polar surface area (TPSA) is 102 Å². The largest absolute Gasteiger partial charge is 0.491 e. The number of carboxylic acid groups (broad SMARTS) is 1. The van der Waals surface area contributed by atoms with Crippen LogP contribution >= 0.6 is 0 Å². The lowest BCUT2D eigenvalue weighted by molar-refractivity contribution is -0.136. The number of fused-ring (bicyclic) bond motifs is 1. The molecule has 1 aliphatic carbocycles. The Kier molecular flexibility index (Phi) is 7.46. The maximum Gasteiger partial charge on any atom is 0.309 e. The van der Waals surface area contributed by atoms with Crippen molar-refractivity contribution in [2.75, 3.05) is 13.1 Å². The second-order valence-electron chi connectivity index (χ2n) is 10.8. The Balaban J connectivity index is 1.50. The number of aliphatic carboxylic acids is 1. The minimum absolute atomic E-state index is 0.0205. The number of rotatable bonds is 9. The molecule has 0 unspecified atom stereocenters. The van der Waals surface area contributed by atoms with Crippen LogP contribution in [0, 0.1) is 17.7 Å². The van der Waals surface area contributed by atoms with Crippen LogP contribution in [-0.4, -0.2) is 52.8 Å². The molecular weight excluding hydrogens is 509 g/mol. The standard InChI is InChI=1S/C28H34FN3O5S/c1-18(2)37-21-10-12-22(13-11-21)38(35,36)31-16-20(14-19-6-3-4-7-19)26(17-31)32-25-9-5-8-23(29)28(25)24(30-32)15-27(33)34/h5,8-13,18-20,26H,3-4,6-7,14-17H2,1-2H3,(H,33,34)/t20-,26+/m1/s1. The Morgan fingerprint density at radius 2 is 1.84 bits per heavy atom. The van der Waals surface area contributed by atoms with Crippen LogP contribution in [-0.2, 0) is 21.2 Å². The van der Waals surface area contributed by atoms with Gasteiger partial charge >= 0.3 is 5.97 Å². The number of ether oxygens (including phenoxy) is 1. The van der Waals surface area contributed by atoms with Crippen molar-refractivity contribution in [1.29, 1.82) is 0 Å². The van der Waals surface area contributed by atoms with Crippen molar-refractivity contribution in [1.82, 2.24) is 14.1 Å². The van der Waals surface area contributed by atoms with E-state index in [0.717, 1.165) is 19.3 Å². The third kappa shape index (κ3) is 5.29. The number of nitrogens with zero attached hydrogens (tertiary/aromatic N) is 3. The Labute approximate surface area is 222 Å². The van der Waals surface area contributed by atoms with Gasteiger partial charge in [0, 0.05) is 13.1 Å². The summed E-state index contributed by atoms with van der Waals surface area (Å²) in [7, 11) is -3.80. The summed E-state index contributed by atoms with van der Waals surface area (Å²) >= 11 is 0. The number of halogens is 1. The number of benzene rings is 2. The molecule has 0 radical (unpaired) electrons. The molecule has 1 aliphatic heterocycles. The molecule has 1 saturated carbocycles. The lowest BCUT2D eigenvalue weighted by atomic mass is 9.90. The molecule has 0 spiro atoms. The van der Waals surface area contributed by atoms with E-state index in [9.17, 15) is 22.7 Å². The molecule has 2 fully saturated rings. The van der Waals surface area contributed by atoms with E-state index in [0.29, 0.717) is 23.7 Å². The highest BCUT2D eigenvalue weighted by atomic mass is 32.2. The first-order valence-corrected chi connectivity index (χ1v) is 14.7. The van der Waals surface area contributed by atoms with E-state index in [2.05, 4.69) is 5.10 Å². The number of carbonyl (C=O) groups is 1. The third-order valence-corrected chi connectivity index (χ3v) is 9.55. The van der Waals surface area contributed by atoms with Crippen LogP contribution in [0.5, 0.6) is 5.75 Å². The first-order valence-electron chi connectivity index (χ1n) is 13.3. The molecule has 2 heterocycles. The van der Waals surface area contributed by atoms with Gasteiger partial charge in [-0.25, -0.2) is 12.8 Å². The maximum atomic E-state index is 14.9. The zero-order chi connectivity index (χ0) is 27.0. The first kappa shape index (κ1) is 26.6. The predicted molar refractivity (Wildman–Crippen MR) is 141 cm³/mol. The van der Waals surface area contributed by atoms with Crippen LogP contribution < -0.4 is 4.74 Å². The van der Waals surface area contributed by atoms with Crippen molar-refractivity contribution in [3.8, 4) is 5.75 Å². The van der Waals surface area contributed by atoms with Crippen LogP contribution in [0.4, 0.5) is 4.39 Å². The number of hydrogen-bond acceptors (Lipinski definition) is 5. The number of aromatic nitrogens is 2. The molecule has 8 nitrogen and oxygen atoms in total. The first-order chi connectivity index (χ1) is 18.1. The zero-order valence-corrected chi connectivity index (χ0v) is 22.5. The molecule has 204 valence electrons. The normalized spacial score (nSPS) is 21.1. The fourth-order valence-corrected chi connectivity index (χ4v) is 7.56. The lowest BCUT2D eigenvalue weighted by Crippen LogP contribution is -2.29. The number of sulfonamides is 1. The fraction of sp³-hybridized carbons (Fsp3) is 0.500. The lowest BCUT2D eigenvalue weighted by Gasteiger charge is -2.22. The zero-order valence-electron chi connectivity index (χ0n) is 21.7. The van der Waals surface area contributed by atoms with E-state index in [1.165, 1.54) is 23.2 Å². The molecule has 1 aromatic heterocycles. The Morgan fingerprint density at radius 1 is 1.13 bits per heavy atom. The Morgan fingerprint density at radius 3 is 2.50 bits per heavy atom. The summed E-state index contributed by atoms with van der Waals surface area (Å²) in [6.45, 7) is 4.33. The minimum atomic E-state index is -3.80. The highest BCUT2D eigenvalue weighted by Crippen LogP contribution is 2.41. The maximum absolute atomic E-state index is 14.9. The van der Waals surface area contributed by atoms with Crippen LogP contribution in [0.3, 0.4) is 0 Å². The van der Waals surface area contributed by atoms with Crippen molar-refractivity contribution < 1.29 is 27.4 Å². The highest BCUT2D eigenvalue weighted by molar-refractivity contribution is 7.89. The summed E-state index contributed by atoms with van der Waals surface area (Å²) in [5.74, 6) is -0.533. The molecule has 5 rings (SSSR count). The second-order valence-corrected chi connectivity index (χ2v) is 12.7. The molecule has 1 saturated heterocycles. The van der Waals surface area contributed by atoms with Gasteiger partial charge in [-0.05, 0) is 68.5 Å². The summed E-state index contributed by atoms with van der Waals surface area (Å²) in [4.78, 5) is 11.7. The molecule has 38 heavy (non-hydrogen) atoms. The average Bonchev–Trinajstić information content (AvgIpc) is 3.59. The number of hydrogen-bond donors (Lipinski definition) is 1. The van der Waals surface area contributed by atoms with Crippen molar-refractivity contribution in [3.05, 3.63) is 54.0 Å². The van der Waals surface area contributed by atoms with E-state index in [1.807, 2.05) is 13.8 Å². The van der Waals surface area contributed by atoms with Crippen LogP contribution in [0.1, 0.15) is 57.7 Å². The predicted octanol–water partition coefficient (Wildman–Crippen LogP) is 5.03. The molecule has 1 N–H and O–H groups in total. The summed E-state index contributed by atoms with van der Waals surface area (Å²) in [6.07, 6.45) is 5.01. The molecule has 3 aromatic rings. The van der Waals surface area contributed by atoms with Crippen LogP contribution in [0.2, 0.25) is 0 Å². The van der Waals surface area contributed by atoms with E-state index in [-0.39, 0.29) is 40.6 Å². The molecule has 2 aliphatic rings. The van der Waals surface area contributed by atoms with E-state index in [1.54, 1.807) is 41.1 Å². The molecule has 0 bridgehead atoms. The summed E-state index contributed by atoms with van der Waals surface area (Å²) in [5.41, 5.74) is 0.657. The molecule has 10 heteroatoms. The Hall–Kier alpha value is -2.98. The van der Waals surface area contributed by atoms with E-state index in [4.69, 9.17) is 4.74 Å². The SMILES string of the molecule is CC(C)Oc1ccc(S(=O)(=O)N2C[C@@H](CC3CCCC3)[C@@H](n3nc(CC(=O)O)c4c(F)cccc43)C2)cc1. The molecule has 2 atom stereocenters. The van der Waals surface area contributed by atoms with Crippen molar-refractivity contribution in [2.45, 2.75) is 69.4 Å². The average molecular weight is 544 g/mol. The third-order valence-electron chi connectivity index (χ3n) is 7.71. The molecular formula is C28H34FN3O5S. The van der Waals surface area contributed by atoms with Crippen molar-refractivity contribution in [2.24, 2.45) is 11.8 Å². The summed E-state index contributed by atoms with van der Waals surface area (Å²) in [6, 6.07) is 10.7. The van der Waals surface area contributed by atoms with E-state index >= 15 is 0 Å². The van der Waals surface area contributed by atoms with Crippen LogP contribution in [0.15, 0.2) is 47.4 Å². The summed E-state index contributed by atoms with van der Waals surface area (Å²) in [5, 5.41) is 14.2. The van der Waals surface area contributed by atoms with Crippen molar-refractivity contribution >= 4 is 26.9 Å². The fourth-order valence-electron chi connectivity index (χ4n) is 6.05. The van der Waals surface area contributed by atoms with Gasteiger partial charge in [0.05, 0.1) is 40.1 Å². The van der Waals surface area contributed by atoms with Gasteiger partial charge in [-0.2, -0.15) is 9.40 Å². The van der Waals surface area contributed by atoms with Gasteiger partial charge in [0.25, 0.3) is 0 Å². The smallest absolute Gasteiger partial charge is 0.309 e. The number of carboxylic acids is 1. The summed E-state index contributed by atoms with van der Waals surface area (Å²) < 4.78 is 51.1. The van der Waals surface area contributed by atoms with Gasteiger partial charge in [0.2, 0.25) is 10.0 Å². The van der Waals surface area contributed by atoms with Gasteiger partial charge < -0.3 is 9.84 Å². The van der Waals surface area contributed by atoms with E-state index < -0.39 is 28.2 Å². The van der Waals surface area contributed by atoms with Gasteiger partial charge in [-0.1, -0.05) is 31.7 Å². The minimum Gasteiger partial charge on any atom is -0.491 e. The van der Waals surface area contributed by atoms with Crippen LogP contribution in [0.25, 0.3) is 10.9 Å². The second kappa shape index (κ2) is 10.6. The van der Waals surface area contributed by atoms with Gasteiger partial charge in [0.15, 0.2) is 0 Å². The Bertz CT molecular complexity index is 1410. The quantitative estimate of drug-likeness (QED) is 0.406. The van der Waals surface area contributed by atoms with Gasteiger partial charge in [-0.3, -0.25) is 9.48 Å². The monoisotopic (exact) mass is 543 g/mol. The van der Waals surface area contributed by atoms with Gasteiger partial charge in [-0.15, -0.1) is 0 Å². The van der Waals surface area contributed by atoms with Gasteiger partial charge in [0.1, 0.15) is 11.6 Å². The van der Waals surface area contributed by atoms with Crippen molar-refractivity contribution in [3.63, 3.8) is 0 Å².